The number of allylic oxidation sites excluding steroid dienone is 2. The Morgan fingerprint density at radius 2 is 1.84 bits per heavy atom. The Hall–Kier alpha value is -1.97. The number of nitrogens with zero attached hydrogens (tertiary/aromatic N) is 1. The number of nitrogen functional groups attached to an aromatic ring is 1. The van der Waals surface area contributed by atoms with Crippen LogP contribution in [0.1, 0.15) is 23.2 Å². The first-order chi connectivity index (χ1) is 9.15. The minimum Gasteiger partial charge on any atom is -0.478 e. The van der Waals surface area contributed by atoms with Crippen LogP contribution in [-0.4, -0.2) is 24.2 Å². The molecule has 0 radical (unpaired) electrons. The van der Waals surface area contributed by atoms with Crippen molar-refractivity contribution in [1.82, 2.24) is 0 Å². The predicted molar refractivity (Wildman–Crippen MR) is 75.4 cm³/mol. The molecule has 2 aliphatic rings. The first kappa shape index (κ1) is 12.1. The van der Waals surface area contributed by atoms with Gasteiger partial charge in [-0.25, -0.2) is 4.79 Å². The maximum Gasteiger partial charge on any atom is 0.337 e. The van der Waals surface area contributed by atoms with Gasteiger partial charge in [0.15, 0.2) is 0 Å². The van der Waals surface area contributed by atoms with Crippen LogP contribution in [0.25, 0.3) is 0 Å². The van der Waals surface area contributed by atoms with E-state index in [0.717, 1.165) is 31.6 Å². The SMILES string of the molecule is Nc1ccc(N2CC3CC=CCC3C2)c(C(=O)O)c1. The van der Waals surface area contributed by atoms with Gasteiger partial charge in [-0.05, 0) is 42.9 Å². The molecule has 0 saturated carbocycles. The number of fused-ring (bicyclic) bond motifs is 1. The molecule has 1 aliphatic heterocycles. The molecular formula is C15H18N2O2. The molecule has 0 spiro atoms. The lowest BCUT2D eigenvalue weighted by atomic mass is 9.86. The Labute approximate surface area is 112 Å². The number of benzene rings is 1. The summed E-state index contributed by atoms with van der Waals surface area (Å²) in [6, 6.07) is 5.17. The largest absolute Gasteiger partial charge is 0.478 e. The number of anilines is 2. The van der Waals surface area contributed by atoms with Gasteiger partial charge in [-0.15, -0.1) is 0 Å². The van der Waals surface area contributed by atoms with Crippen LogP contribution in [0.15, 0.2) is 30.4 Å². The van der Waals surface area contributed by atoms with Crippen LogP contribution in [-0.2, 0) is 0 Å². The molecule has 4 nitrogen and oxygen atoms in total. The summed E-state index contributed by atoms with van der Waals surface area (Å²) in [4.78, 5) is 13.6. The van der Waals surface area contributed by atoms with Crippen molar-refractivity contribution in [2.75, 3.05) is 23.7 Å². The molecule has 3 N–H and O–H groups in total. The number of carboxylic acid groups (broad SMARTS) is 1. The van der Waals surface area contributed by atoms with Crippen molar-refractivity contribution in [3.8, 4) is 0 Å². The Balaban J connectivity index is 1.89. The molecule has 2 unspecified atom stereocenters. The smallest absolute Gasteiger partial charge is 0.337 e. The zero-order valence-electron chi connectivity index (χ0n) is 10.7. The van der Waals surface area contributed by atoms with Gasteiger partial charge < -0.3 is 15.7 Å². The molecule has 1 saturated heterocycles. The van der Waals surface area contributed by atoms with Crippen LogP contribution >= 0.6 is 0 Å². The summed E-state index contributed by atoms with van der Waals surface area (Å²) in [7, 11) is 0. The van der Waals surface area contributed by atoms with Gasteiger partial charge in [-0.2, -0.15) is 0 Å². The lowest BCUT2D eigenvalue weighted by Gasteiger charge is -2.21. The second kappa shape index (κ2) is 4.61. The van der Waals surface area contributed by atoms with Crippen molar-refractivity contribution in [3.63, 3.8) is 0 Å². The lowest BCUT2D eigenvalue weighted by Crippen LogP contribution is -2.22. The maximum atomic E-state index is 11.4. The van der Waals surface area contributed by atoms with Crippen LogP contribution in [0.5, 0.6) is 0 Å². The molecule has 2 atom stereocenters. The van der Waals surface area contributed by atoms with Crippen molar-refractivity contribution >= 4 is 17.3 Å². The second-order valence-corrected chi connectivity index (χ2v) is 5.45. The summed E-state index contributed by atoms with van der Waals surface area (Å²) in [6.07, 6.45) is 6.70. The van der Waals surface area contributed by atoms with E-state index in [1.54, 1.807) is 12.1 Å². The summed E-state index contributed by atoms with van der Waals surface area (Å²) in [5.74, 6) is 0.406. The van der Waals surface area contributed by atoms with Gasteiger partial charge >= 0.3 is 5.97 Å². The molecule has 1 aliphatic carbocycles. The zero-order chi connectivity index (χ0) is 13.4. The fraction of sp³-hybridized carbons (Fsp3) is 0.400. The Morgan fingerprint density at radius 1 is 1.21 bits per heavy atom. The number of nitrogens with two attached hydrogens (primary N) is 1. The lowest BCUT2D eigenvalue weighted by molar-refractivity contribution is 0.0697. The number of carboxylic acids is 1. The average Bonchev–Trinajstić information content (AvgIpc) is 2.82. The third-order valence-electron chi connectivity index (χ3n) is 4.21. The van der Waals surface area contributed by atoms with Crippen molar-refractivity contribution in [2.45, 2.75) is 12.8 Å². The van der Waals surface area contributed by atoms with Gasteiger partial charge in [0.05, 0.1) is 11.3 Å². The van der Waals surface area contributed by atoms with Crippen LogP contribution in [0.3, 0.4) is 0 Å². The normalized spacial score (nSPS) is 25.4. The van der Waals surface area contributed by atoms with Crippen LogP contribution in [0.4, 0.5) is 11.4 Å². The molecule has 19 heavy (non-hydrogen) atoms. The molecular weight excluding hydrogens is 240 g/mol. The Bertz CT molecular complexity index is 523. The van der Waals surface area contributed by atoms with Crippen molar-refractivity contribution in [3.05, 3.63) is 35.9 Å². The summed E-state index contributed by atoms with van der Waals surface area (Å²) < 4.78 is 0. The second-order valence-electron chi connectivity index (χ2n) is 5.45. The van der Waals surface area contributed by atoms with E-state index < -0.39 is 5.97 Å². The van der Waals surface area contributed by atoms with Crippen LogP contribution in [0, 0.1) is 11.8 Å². The van der Waals surface area contributed by atoms with E-state index in [2.05, 4.69) is 17.1 Å². The third kappa shape index (κ3) is 2.18. The summed E-state index contributed by atoms with van der Waals surface area (Å²) in [5, 5.41) is 9.31. The number of hydrogen-bond acceptors (Lipinski definition) is 3. The summed E-state index contributed by atoms with van der Waals surface area (Å²) in [5.41, 5.74) is 7.30. The van der Waals surface area contributed by atoms with Gasteiger partial charge in [-0.3, -0.25) is 0 Å². The highest BCUT2D eigenvalue weighted by Gasteiger charge is 2.34. The predicted octanol–water partition coefficient (Wildman–Crippen LogP) is 2.37. The molecule has 1 aromatic rings. The van der Waals surface area contributed by atoms with E-state index >= 15 is 0 Å². The van der Waals surface area contributed by atoms with E-state index in [0.29, 0.717) is 23.1 Å². The number of rotatable bonds is 2. The number of aromatic carboxylic acids is 1. The standard InChI is InChI=1S/C15H18N2O2/c16-12-5-6-14(13(7-12)15(18)19)17-8-10-3-1-2-4-11(10)9-17/h1-2,5-7,10-11H,3-4,8-9,16H2,(H,18,19). The average molecular weight is 258 g/mol. The zero-order valence-corrected chi connectivity index (χ0v) is 10.7. The van der Waals surface area contributed by atoms with Crippen molar-refractivity contribution < 1.29 is 9.90 Å². The Kier molecular flexibility index (Phi) is 2.93. The van der Waals surface area contributed by atoms with Crippen molar-refractivity contribution in [2.24, 2.45) is 11.8 Å². The molecule has 4 heteroatoms. The number of carbonyl (C=O) groups is 1. The van der Waals surface area contributed by atoms with E-state index in [9.17, 15) is 9.90 Å². The quantitative estimate of drug-likeness (QED) is 0.631. The Morgan fingerprint density at radius 3 is 2.42 bits per heavy atom. The summed E-state index contributed by atoms with van der Waals surface area (Å²) >= 11 is 0. The maximum absolute atomic E-state index is 11.4. The highest BCUT2D eigenvalue weighted by molar-refractivity contribution is 5.95. The van der Waals surface area contributed by atoms with Gasteiger partial charge in [0, 0.05) is 18.8 Å². The molecule has 1 heterocycles. The first-order valence-electron chi connectivity index (χ1n) is 6.68. The van der Waals surface area contributed by atoms with E-state index in [4.69, 9.17) is 5.73 Å². The topological polar surface area (TPSA) is 66.6 Å². The van der Waals surface area contributed by atoms with Gasteiger partial charge in [0.1, 0.15) is 0 Å². The van der Waals surface area contributed by atoms with Crippen LogP contribution < -0.4 is 10.6 Å². The van der Waals surface area contributed by atoms with Gasteiger partial charge in [-0.1, -0.05) is 12.2 Å². The highest BCUT2D eigenvalue weighted by Crippen LogP contribution is 2.36. The third-order valence-corrected chi connectivity index (χ3v) is 4.21. The fourth-order valence-corrected chi connectivity index (χ4v) is 3.21. The molecule has 1 fully saturated rings. The van der Waals surface area contributed by atoms with Gasteiger partial charge in [0.2, 0.25) is 0 Å². The van der Waals surface area contributed by atoms with E-state index in [1.807, 2.05) is 6.07 Å². The first-order valence-corrected chi connectivity index (χ1v) is 6.68. The minimum absolute atomic E-state index is 0.312. The monoisotopic (exact) mass is 258 g/mol. The van der Waals surface area contributed by atoms with Gasteiger partial charge in [0.25, 0.3) is 0 Å². The minimum atomic E-state index is -0.907. The molecule has 0 bridgehead atoms. The van der Waals surface area contributed by atoms with E-state index in [-0.39, 0.29) is 0 Å². The molecule has 0 amide bonds. The fourth-order valence-electron chi connectivity index (χ4n) is 3.21. The molecule has 1 aromatic carbocycles. The number of hydrogen-bond donors (Lipinski definition) is 2. The molecule has 0 aromatic heterocycles. The van der Waals surface area contributed by atoms with Crippen LogP contribution in [0.2, 0.25) is 0 Å². The summed E-state index contributed by atoms with van der Waals surface area (Å²) in [6.45, 7) is 1.89. The molecule has 3 rings (SSSR count). The molecule has 100 valence electrons. The van der Waals surface area contributed by atoms with Crippen molar-refractivity contribution in [1.29, 1.82) is 0 Å². The van der Waals surface area contributed by atoms with E-state index in [1.165, 1.54) is 0 Å². The highest BCUT2D eigenvalue weighted by atomic mass is 16.4.